The zero-order valence-corrected chi connectivity index (χ0v) is 10.5. The number of nitrogens with one attached hydrogen (secondary N) is 1. The Bertz CT molecular complexity index is 603. The first kappa shape index (κ1) is 12.0. The fraction of sp³-hybridized carbons (Fsp3) is 0.250. The van der Waals surface area contributed by atoms with E-state index in [9.17, 15) is 8.42 Å². The van der Waals surface area contributed by atoms with Gasteiger partial charge in [0.2, 0.25) is 0 Å². The van der Waals surface area contributed by atoms with Crippen molar-refractivity contribution in [1.82, 2.24) is 14.9 Å². The van der Waals surface area contributed by atoms with Gasteiger partial charge in [-0.3, -0.25) is 0 Å². The molecule has 0 saturated heterocycles. The van der Waals surface area contributed by atoms with Gasteiger partial charge in [-0.05, 0) is 6.92 Å². The van der Waals surface area contributed by atoms with Gasteiger partial charge in [0, 0.05) is 6.07 Å². The van der Waals surface area contributed by atoms with Crippen molar-refractivity contribution in [1.29, 1.82) is 0 Å². The monoisotopic (exact) mass is 274 g/mol. The molecule has 2 heterocycles. The number of sulfonamides is 1. The Morgan fingerprint density at radius 2 is 2.35 bits per heavy atom. The lowest BCUT2D eigenvalue weighted by molar-refractivity contribution is 0.380. The van der Waals surface area contributed by atoms with Gasteiger partial charge in [-0.1, -0.05) is 16.5 Å². The second-order valence-electron chi connectivity index (χ2n) is 3.23. The highest BCUT2D eigenvalue weighted by atomic mass is 32.2. The van der Waals surface area contributed by atoms with Gasteiger partial charge in [0.1, 0.15) is 0 Å². The number of rotatable bonds is 4. The number of nitrogen functional groups attached to an aromatic ring is 1. The molecule has 0 saturated carbocycles. The zero-order chi connectivity index (χ0) is 12.5. The Kier molecular flexibility index (Phi) is 3.13. The van der Waals surface area contributed by atoms with E-state index < -0.39 is 10.0 Å². The van der Waals surface area contributed by atoms with Crippen LogP contribution in [0.25, 0.3) is 0 Å². The molecule has 0 atom stereocenters. The third-order valence-electron chi connectivity index (χ3n) is 1.94. The lowest BCUT2D eigenvalue weighted by Crippen LogP contribution is -2.22. The van der Waals surface area contributed by atoms with Gasteiger partial charge < -0.3 is 10.3 Å². The average molecular weight is 274 g/mol. The summed E-state index contributed by atoms with van der Waals surface area (Å²) in [4.78, 5) is 3.86. The third-order valence-corrected chi connectivity index (χ3v) is 4.94. The van der Waals surface area contributed by atoms with E-state index in [0.717, 1.165) is 11.3 Å². The molecule has 3 N–H and O–H groups in total. The van der Waals surface area contributed by atoms with Gasteiger partial charge in [-0.25, -0.2) is 18.1 Å². The molecule has 2 aromatic rings. The van der Waals surface area contributed by atoms with Gasteiger partial charge in [0.15, 0.2) is 15.1 Å². The Morgan fingerprint density at radius 3 is 2.88 bits per heavy atom. The molecule has 7 nitrogen and oxygen atoms in total. The normalized spacial score (nSPS) is 11.8. The van der Waals surface area contributed by atoms with Crippen molar-refractivity contribution in [2.75, 3.05) is 5.73 Å². The molecule has 9 heteroatoms. The molecule has 17 heavy (non-hydrogen) atoms. The van der Waals surface area contributed by atoms with Gasteiger partial charge >= 0.3 is 0 Å². The summed E-state index contributed by atoms with van der Waals surface area (Å²) in [5.74, 6) is 0.434. The first-order valence-electron chi connectivity index (χ1n) is 4.61. The van der Waals surface area contributed by atoms with E-state index in [-0.39, 0.29) is 15.9 Å². The third kappa shape index (κ3) is 2.62. The summed E-state index contributed by atoms with van der Waals surface area (Å²) in [7, 11) is -3.61. The molecule has 0 spiro atoms. The largest absolute Gasteiger partial charge is 0.375 e. The molecule has 2 rings (SSSR count). The number of thiazole rings is 1. The van der Waals surface area contributed by atoms with Crippen molar-refractivity contribution >= 4 is 26.5 Å². The molecule has 92 valence electrons. The summed E-state index contributed by atoms with van der Waals surface area (Å²) >= 11 is 0.928. The molecule has 0 amide bonds. The highest BCUT2D eigenvalue weighted by Gasteiger charge is 2.21. The summed E-state index contributed by atoms with van der Waals surface area (Å²) in [5.41, 5.74) is 5.84. The van der Waals surface area contributed by atoms with E-state index in [1.165, 1.54) is 6.20 Å². The lowest BCUT2D eigenvalue weighted by atomic mass is 10.5. The molecule has 0 aliphatic heterocycles. The van der Waals surface area contributed by atoms with Gasteiger partial charge in [0.05, 0.1) is 18.4 Å². The van der Waals surface area contributed by atoms with Crippen molar-refractivity contribution in [2.45, 2.75) is 17.7 Å². The molecule has 0 aliphatic carbocycles. The standard InChI is InChI=1S/C8H10N4O3S2/c1-5-7(16-8(9)12-5)17(13,14)11-4-6-2-3-10-15-6/h2-3,11H,4H2,1H3,(H2,9,12). The SMILES string of the molecule is Cc1nc(N)sc1S(=O)(=O)NCc1ccno1. The van der Waals surface area contributed by atoms with E-state index in [1.54, 1.807) is 13.0 Å². The number of aromatic nitrogens is 2. The summed E-state index contributed by atoms with van der Waals surface area (Å²) in [6.07, 6.45) is 1.44. The van der Waals surface area contributed by atoms with Crippen LogP contribution in [-0.2, 0) is 16.6 Å². The quantitative estimate of drug-likeness (QED) is 0.839. The van der Waals surface area contributed by atoms with E-state index in [0.29, 0.717) is 11.5 Å². The van der Waals surface area contributed by atoms with Gasteiger partial charge in [-0.2, -0.15) is 0 Å². The van der Waals surface area contributed by atoms with E-state index in [1.807, 2.05) is 0 Å². The van der Waals surface area contributed by atoms with Crippen molar-refractivity contribution < 1.29 is 12.9 Å². The van der Waals surface area contributed by atoms with Gasteiger partial charge in [-0.15, -0.1) is 0 Å². The molecular formula is C8H10N4O3S2. The number of anilines is 1. The van der Waals surface area contributed by atoms with Crippen LogP contribution in [0.5, 0.6) is 0 Å². The first-order valence-corrected chi connectivity index (χ1v) is 6.91. The number of nitrogens with two attached hydrogens (primary N) is 1. The Hall–Kier alpha value is -1.45. The van der Waals surface area contributed by atoms with Crippen LogP contribution >= 0.6 is 11.3 Å². The van der Waals surface area contributed by atoms with Crippen LogP contribution < -0.4 is 10.5 Å². The minimum atomic E-state index is -3.61. The van der Waals surface area contributed by atoms with Crippen molar-refractivity contribution in [2.24, 2.45) is 0 Å². The second-order valence-corrected chi connectivity index (χ2v) is 6.22. The van der Waals surface area contributed by atoms with Crippen LogP contribution in [-0.4, -0.2) is 18.6 Å². The maximum atomic E-state index is 11.9. The Labute approximate surface area is 102 Å². The topological polar surface area (TPSA) is 111 Å². The van der Waals surface area contributed by atoms with Crippen molar-refractivity contribution in [3.63, 3.8) is 0 Å². The molecule has 0 aromatic carbocycles. The fourth-order valence-corrected chi connectivity index (χ4v) is 3.55. The smallest absolute Gasteiger partial charge is 0.252 e. The molecule has 0 fully saturated rings. The molecule has 0 aliphatic rings. The predicted molar refractivity (Wildman–Crippen MR) is 61.8 cm³/mol. The maximum Gasteiger partial charge on any atom is 0.252 e. The number of aryl methyl sites for hydroxylation is 1. The first-order chi connectivity index (χ1) is 7.99. The van der Waals surface area contributed by atoms with E-state index >= 15 is 0 Å². The van der Waals surface area contributed by atoms with Crippen LogP contribution in [0.1, 0.15) is 11.5 Å². The number of hydrogen-bond donors (Lipinski definition) is 2. The fourth-order valence-electron chi connectivity index (χ4n) is 1.22. The van der Waals surface area contributed by atoms with Crippen LogP contribution in [0, 0.1) is 6.92 Å². The molecule has 0 radical (unpaired) electrons. The molecular weight excluding hydrogens is 264 g/mol. The van der Waals surface area contributed by atoms with Crippen LogP contribution in [0.15, 0.2) is 21.0 Å². The predicted octanol–water partition coefficient (Wildman–Crippen LogP) is 0.500. The minimum Gasteiger partial charge on any atom is -0.375 e. The molecule has 0 unspecified atom stereocenters. The minimum absolute atomic E-state index is 0.0412. The summed E-state index contributed by atoms with van der Waals surface area (Å²) < 4.78 is 31.1. The Morgan fingerprint density at radius 1 is 1.59 bits per heavy atom. The van der Waals surface area contributed by atoms with Crippen LogP contribution in [0.3, 0.4) is 0 Å². The molecule has 0 bridgehead atoms. The molecule has 2 aromatic heterocycles. The summed E-state index contributed by atoms with van der Waals surface area (Å²) in [6.45, 7) is 1.63. The van der Waals surface area contributed by atoms with Gasteiger partial charge in [0.25, 0.3) is 10.0 Å². The highest BCUT2D eigenvalue weighted by molar-refractivity contribution is 7.91. The lowest BCUT2D eigenvalue weighted by Gasteiger charge is -2.02. The zero-order valence-electron chi connectivity index (χ0n) is 8.87. The summed E-state index contributed by atoms with van der Waals surface area (Å²) in [5, 5.41) is 3.70. The maximum absolute atomic E-state index is 11.9. The van der Waals surface area contributed by atoms with Crippen molar-refractivity contribution in [3.05, 3.63) is 23.7 Å². The number of nitrogens with zero attached hydrogens (tertiary/aromatic N) is 2. The second kappa shape index (κ2) is 4.43. The number of hydrogen-bond acceptors (Lipinski definition) is 7. The van der Waals surface area contributed by atoms with E-state index in [4.69, 9.17) is 10.3 Å². The van der Waals surface area contributed by atoms with E-state index in [2.05, 4.69) is 14.9 Å². The summed E-state index contributed by atoms with van der Waals surface area (Å²) in [6, 6.07) is 1.58. The van der Waals surface area contributed by atoms with Crippen molar-refractivity contribution in [3.8, 4) is 0 Å². The Balaban J connectivity index is 2.17. The van der Waals surface area contributed by atoms with Crippen LogP contribution in [0.2, 0.25) is 0 Å². The average Bonchev–Trinajstić information content (AvgIpc) is 2.85. The van der Waals surface area contributed by atoms with Crippen LogP contribution in [0.4, 0.5) is 5.13 Å². The highest BCUT2D eigenvalue weighted by Crippen LogP contribution is 2.24.